The number of benzene rings is 2. The van der Waals surface area contributed by atoms with Gasteiger partial charge in [0.2, 0.25) is 0 Å². The Bertz CT molecular complexity index is 973. The van der Waals surface area contributed by atoms with Gasteiger partial charge in [-0.25, -0.2) is 0 Å². The Morgan fingerprint density at radius 3 is 2.39 bits per heavy atom. The third-order valence-corrected chi connectivity index (χ3v) is 3.85. The predicted octanol–water partition coefficient (Wildman–Crippen LogP) is 5.10. The van der Waals surface area contributed by atoms with Crippen LogP contribution in [0.3, 0.4) is 0 Å². The van der Waals surface area contributed by atoms with E-state index in [0.717, 1.165) is 12.1 Å². The number of methoxy groups -OCH3 is 1. The van der Waals surface area contributed by atoms with Crippen LogP contribution in [0.5, 0.6) is 5.75 Å². The molecule has 0 aliphatic heterocycles. The second kappa shape index (κ2) is 7.99. The average molecular weight is 387 g/mol. The molecule has 0 fully saturated rings. The van der Waals surface area contributed by atoms with Crippen LogP contribution in [0.1, 0.15) is 16.1 Å². The first-order chi connectivity index (χ1) is 13.4. The van der Waals surface area contributed by atoms with Gasteiger partial charge in [-0.2, -0.15) is 13.2 Å². The first-order valence-corrected chi connectivity index (χ1v) is 8.21. The molecule has 144 valence electrons. The van der Waals surface area contributed by atoms with Crippen molar-refractivity contribution in [1.82, 2.24) is 4.98 Å². The van der Waals surface area contributed by atoms with Gasteiger partial charge in [-0.15, -0.1) is 0 Å². The molecule has 0 radical (unpaired) electrons. The Morgan fingerprint density at radius 2 is 1.71 bits per heavy atom. The van der Waals surface area contributed by atoms with Gasteiger partial charge in [0.05, 0.1) is 18.4 Å². The van der Waals surface area contributed by atoms with E-state index in [2.05, 4.69) is 15.6 Å². The molecule has 1 heterocycles. The molecule has 0 saturated carbocycles. The molecule has 28 heavy (non-hydrogen) atoms. The van der Waals surface area contributed by atoms with Crippen molar-refractivity contribution in [3.63, 3.8) is 0 Å². The number of hydrogen-bond acceptors (Lipinski definition) is 4. The number of ether oxygens (including phenoxy) is 1. The zero-order chi connectivity index (χ0) is 20.1. The van der Waals surface area contributed by atoms with Crippen LogP contribution in [-0.2, 0) is 6.18 Å². The van der Waals surface area contributed by atoms with Crippen LogP contribution >= 0.6 is 0 Å². The lowest BCUT2D eigenvalue weighted by atomic mass is 10.2. The number of carbonyl (C=O) groups is 1. The van der Waals surface area contributed by atoms with Crippen molar-refractivity contribution in [2.75, 3.05) is 17.7 Å². The zero-order valence-corrected chi connectivity index (χ0v) is 14.7. The summed E-state index contributed by atoms with van der Waals surface area (Å²) < 4.78 is 43.1. The number of nitrogens with one attached hydrogen (secondary N) is 2. The van der Waals surface area contributed by atoms with Crippen LogP contribution in [0.25, 0.3) is 0 Å². The molecule has 1 aromatic heterocycles. The lowest BCUT2D eigenvalue weighted by Gasteiger charge is -2.11. The standard InChI is InChI=1S/C20H16F3N3O2/c1-28-18-5-3-2-4-16(18)26-19(27)17-12-15(10-11-24-17)25-14-8-6-13(7-9-14)20(21,22)23/h2-12H,1H3,(H,24,25)(H,26,27). The van der Waals surface area contributed by atoms with Gasteiger partial charge in [0, 0.05) is 17.6 Å². The number of rotatable bonds is 5. The summed E-state index contributed by atoms with van der Waals surface area (Å²) >= 11 is 0. The fourth-order valence-electron chi connectivity index (χ4n) is 2.48. The Labute approximate surface area is 159 Å². The number of carbonyl (C=O) groups excluding carboxylic acids is 1. The van der Waals surface area contributed by atoms with Crippen LogP contribution in [0.2, 0.25) is 0 Å². The third-order valence-electron chi connectivity index (χ3n) is 3.85. The minimum Gasteiger partial charge on any atom is -0.495 e. The van der Waals surface area contributed by atoms with Gasteiger partial charge in [-0.3, -0.25) is 9.78 Å². The highest BCUT2D eigenvalue weighted by Crippen LogP contribution is 2.30. The summed E-state index contributed by atoms with van der Waals surface area (Å²) in [7, 11) is 1.50. The second-order valence-electron chi connectivity index (χ2n) is 5.78. The maximum atomic E-state index is 12.6. The van der Waals surface area contributed by atoms with Crippen molar-refractivity contribution < 1.29 is 22.7 Å². The average Bonchev–Trinajstić information content (AvgIpc) is 2.68. The van der Waals surface area contributed by atoms with E-state index in [0.29, 0.717) is 22.8 Å². The fourth-order valence-corrected chi connectivity index (χ4v) is 2.48. The Hall–Kier alpha value is -3.55. The smallest absolute Gasteiger partial charge is 0.416 e. The number of hydrogen-bond donors (Lipinski definition) is 2. The molecular weight excluding hydrogens is 371 g/mol. The fraction of sp³-hybridized carbons (Fsp3) is 0.100. The molecule has 0 atom stereocenters. The lowest BCUT2D eigenvalue weighted by Crippen LogP contribution is -2.14. The molecule has 0 spiro atoms. The first-order valence-electron chi connectivity index (χ1n) is 8.21. The van der Waals surface area contributed by atoms with Crippen molar-refractivity contribution >= 4 is 23.0 Å². The van der Waals surface area contributed by atoms with Crippen LogP contribution in [0, 0.1) is 0 Å². The molecule has 0 unspecified atom stereocenters. The molecule has 0 saturated heterocycles. The van der Waals surface area contributed by atoms with Crippen LogP contribution < -0.4 is 15.4 Å². The molecule has 5 nitrogen and oxygen atoms in total. The molecule has 3 aromatic rings. The van der Waals surface area contributed by atoms with E-state index >= 15 is 0 Å². The number of para-hydroxylation sites is 2. The summed E-state index contributed by atoms with van der Waals surface area (Å²) in [6, 6.07) is 14.7. The summed E-state index contributed by atoms with van der Waals surface area (Å²) in [4.78, 5) is 16.5. The van der Waals surface area contributed by atoms with E-state index in [9.17, 15) is 18.0 Å². The van der Waals surface area contributed by atoms with E-state index in [4.69, 9.17) is 4.74 Å². The highest BCUT2D eigenvalue weighted by Gasteiger charge is 2.29. The van der Waals surface area contributed by atoms with Gasteiger partial charge in [0.1, 0.15) is 11.4 Å². The first kappa shape index (κ1) is 19.2. The lowest BCUT2D eigenvalue weighted by molar-refractivity contribution is -0.137. The minimum absolute atomic E-state index is 0.141. The summed E-state index contributed by atoms with van der Waals surface area (Å²) in [6.45, 7) is 0. The number of pyridine rings is 1. The quantitative estimate of drug-likeness (QED) is 0.639. The monoisotopic (exact) mass is 387 g/mol. The molecule has 2 N–H and O–H groups in total. The maximum absolute atomic E-state index is 12.6. The number of aromatic nitrogens is 1. The van der Waals surface area contributed by atoms with Gasteiger partial charge < -0.3 is 15.4 Å². The summed E-state index contributed by atoms with van der Waals surface area (Å²) in [5.41, 5.74) is 0.876. The molecular formula is C20H16F3N3O2. The highest BCUT2D eigenvalue weighted by atomic mass is 19.4. The summed E-state index contributed by atoms with van der Waals surface area (Å²) in [5.74, 6) is 0.0652. The van der Waals surface area contributed by atoms with Crippen molar-refractivity contribution in [3.05, 3.63) is 78.1 Å². The maximum Gasteiger partial charge on any atom is 0.416 e. The molecule has 0 aliphatic carbocycles. The summed E-state index contributed by atoms with van der Waals surface area (Å²) in [5, 5.41) is 5.67. The van der Waals surface area contributed by atoms with Gasteiger partial charge in [0.15, 0.2) is 0 Å². The Balaban J connectivity index is 1.74. The summed E-state index contributed by atoms with van der Waals surface area (Å²) in [6.07, 6.45) is -2.96. The van der Waals surface area contributed by atoms with Crippen LogP contribution in [-0.4, -0.2) is 18.0 Å². The van der Waals surface area contributed by atoms with E-state index in [1.165, 1.54) is 31.5 Å². The van der Waals surface area contributed by atoms with E-state index in [-0.39, 0.29) is 5.69 Å². The number of alkyl halides is 3. The normalized spacial score (nSPS) is 11.0. The number of nitrogens with zero attached hydrogens (tertiary/aromatic N) is 1. The van der Waals surface area contributed by atoms with Crippen molar-refractivity contribution in [2.45, 2.75) is 6.18 Å². The van der Waals surface area contributed by atoms with Crippen molar-refractivity contribution in [1.29, 1.82) is 0 Å². The number of amides is 1. The number of halogens is 3. The molecule has 0 bridgehead atoms. The highest BCUT2D eigenvalue weighted by molar-refractivity contribution is 6.04. The Kier molecular flexibility index (Phi) is 5.49. The zero-order valence-electron chi connectivity index (χ0n) is 14.7. The topological polar surface area (TPSA) is 63.2 Å². The van der Waals surface area contributed by atoms with E-state index in [1.807, 2.05) is 0 Å². The van der Waals surface area contributed by atoms with Crippen LogP contribution in [0.4, 0.5) is 30.2 Å². The minimum atomic E-state index is -4.39. The molecule has 1 amide bonds. The van der Waals surface area contributed by atoms with Crippen molar-refractivity contribution in [3.8, 4) is 5.75 Å². The van der Waals surface area contributed by atoms with Gasteiger partial charge in [-0.05, 0) is 48.5 Å². The van der Waals surface area contributed by atoms with E-state index < -0.39 is 17.6 Å². The van der Waals surface area contributed by atoms with Crippen molar-refractivity contribution in [2.24, 2.45) is 0 Å². The van der Waals surface area contributed by atoms with Crippen LogP contribution in [0.15, 0.2) is 66.9 Å². The molecule has 3 rings (SSSR count). The number of anilines is 3. The van der Waals surface area contributed by atoms with E-state index in [1.54, 1.807) is 30.3 Å². The Morgan fingerprint density at radius 1 is 1.00 bits per heavy atom. The largest absolute Gasteiger partial charge is 0.495 e. The van der Waals surface area contributed by atoms with Gasteiger partial charge in [0.25, 0.3) is 5.91 Å². The van der Waals surface area contributed by atoms with Gasteiger partial charge in [-0.1, -0.05) is 12.1 Å². The predicted molar refractivity (Wildman–Crippen MR) is 99.9 cm³/mol. The third kappa shape index (κ3) is 4.59. The molecule has 2 aromatic carbocycles. The van der Waals surface area contributed by atoms with Gasteiger partial charge >= 0.3 is 6.18 Å². The second-order valence-corrected chi connectivity index (χ2v) is 5.78. The molecule has 0 aliphatic rings. The molecule has 8 heteroatoms. The SMILES string of the molecule is COc1ccccc1NC(=O)c1cc(Nc2ccc(C(F)(F)F)cc2)ccn1.